The van der Waals surface area contributed by atoms with Crippen LogP contribution in [0.4, 0.5) is 16.0 Å². The van der Waals surface area contributed by atoms with E-state index in [1.165, 1.54) is 0 Å². The molecule has 0 amide bonds. The molecular weight excluding hydrogens is 433 g/mol. The van der Waals surface area contributed by atoms with Gasteiger partial charge in [-0.2, -0.15) is 4.98 Å². The van der Waals surface area contributed by atoms with Gasteiger partial charge in [0, 0.05) is 42.6 Å². The van der Waals surface area contributed by atoms with Crippen LogP contribution < -0.4 is 10.2 Å². The molecule has 1 unspecified atom stereocenters. The Bertz CT molecular complexity index is 1380. The molecule has 1 atom stereocenters. The molecule has 0 saturated heterocycles. The molecule has 0 radical (unpaired) electrons. The lowest BCUT2D eigenvalue weighted by atomic mass is 10.0. The van der Waals surface area contributed by atoms with E-state index < -0.39 is 12.0 Å². The van der Waals surface area contributed by atoms with Crippen LogP contribution in [-0.2, 0) is 4.74 Å². The van der Waals surface area contributed by atoms with E-state index >= 15 is 4.39 Å². The molecule has 0 aliphatic carbocycles. The van der Waals surface area contributed by atoms with Gasteiger partial charge < -0.3 is 15.0 Å². The third-order valence-corrected chi connectivity index (χ3v) is 5.42. The summed E-state index contributed by atoms with van der Waals surface area (Å²) in [5, 5.41) is 12.6. The topological polar surface area (TPSA) is 80.5 Å². The smallest absolute Gasteiger partial charge is 0.224 e. The predicted octanol–water partition coefficient (Wildman–Crippen LogP) is 4.34. The summed E-state index contributed by atoms with van der Waals surface area (Å²) in [6.07, 6.45) is 7.90. The number of nitrogens with zero attached hydrogens (tertiary/aromatic N) is 6. The van der Waals surface area contributed by atoms with Crippen molar-refractivity contribution in [2.24, 2.45) is 0 Å². The molecule has 0 spiro atoms. The van der Waals surface area contributed by atoms with Crippen LogP contribution in [0.3, 0.4) is 0 Å². The largest absolute Gasteiger partial charge is 0.358 e. The third kappa shape index (κ3) is 3.35. The molecule has 32 heavy (non-hydrogen) atoms. The highest BCUT2D eigenvalue weighted by atomic mass is 35.5. The molecule has 8 nitrogen and oxygen atoms in total. The number of aromatic nitrogens is 5. The standard InChI is InChI=1S/C22H19ClFN7O/c1-3-25-22-26-10-13-9-16(21-29-27-12-31(21)20(13)28-22)15-5-4-6-17(19(15)24)30-11-14(23)7-8-18(30)32-2/h4-12,18H,3H2,1-2H3,(H,25,26,28). The maximum atomic E-state index is 15.9. The number of fused-ring (bicyclic) bond motifs is 3. The second-order valence-electron chi connectivity index (χ2n) is 7.13. The van der Waals surface area contributed by atoms with Gasteiger partial charge in [0.25, 0.3) is 0 Å². The Balaban J connectivity index is 1.69. The van der Waals surface area contributed by atoms with Crippen molar-refractivity contribution in [3.63, 3.8) is 0 Å². The zero-order valence-corrected chi connectivity index (χ0v) is 18.1. The molecular formula is C22H19ClFN7O. The Labute approximate surface area is 188 Å². The summed E-state index contributed by atoms with van der Waals surface area (Å²) in [7, 11) is 1.56. The third-order valence-electron chi connectivity index (χ3n) is 5.19. The van der Waals surface area contributed by atoms with Crippen molar-refractivity contribution in [2.75, 3.05) is 23.9 Å². The molecule has 4 heterocycles. The van der Waals surface area contributed by atoms with Crippen molar-refractivity contribution in [3.05, 3.63) is 66.0 Å². The lowest BCUT2D eigenvalue weighted by Crippen LogP contribution is -2.33. The summed E-state index contributed by atoms with van der Waals surface area (Å²) in [5.41, 5.74) is 2.39. The number of anilines is 2. The van der Waals surface area contributed by atoms with Crippen molar-refractivity contribution in [1.29, 1.82) is 0 Å². The molecule has 162 valence electrons. The van der Waals surface area contributed by atoms with Crippen LogP contribution in [0, 0.1) is 5.82 Å². The Hall–Kier alpha value is -3.56. The van der Waals surface area contributed by atoms with Crippen LogP contribution in [0.15, 0.2) is 60.2 Å². The number of allylic oxidation sites excluding steroid dienone is 2. The number of hydrogen-bond donors (Lipinski definition) is 1. The summed E-state index contributed by atoms with van der Waals surface area (Å²) in [6, 6.07) is 6.99. The van der Waals surface area contributed by atoms with Gasteiger partial charge in [-0.1, -0.05) is 23.7 Å². The minimum Gasteiger partial charge on any atom is -0.358 e. The van der Waals surface area contributed by atoms with Crippen molar-refractivity contribution in [3.8, 4) is 11.1 Å². The molecule has 0 bridgehead atoms. The van der Waals surface area contributed by atoms with Gasteiger partial charge >= 0.3 is 0 Å². The normalized spacial score (nSPS) is 16.1. The van der Waals surface area contributed by atoms with E-state index in [4.69, 9.17) is 16.3 Å². The predicted molar refractivity (Wildman–Crippen MR) is 122 cm³/mol. The molecule has 3 aromatic heterocycles. The summed E-state index contributed by atoms with van der Waals surface area (Å²) < 4.78 is 23.1. The number of pyridine rings is 1. The van der Waals surface area contributed by atoms with Gasteiger partial charge in [0.05, 0.1) is 10.7 Å². The first-order valence-corrected chi connectivity index (χ1v) is 10.4. The molecule has 1 aliphatic heterocycles. The minimum absolute atomic E-state index is 0.327. The van der Waals surface area contributed by atoms with Crippen LogP contribution >= 0.6 is 11.6 Å². The van der Waals surface area contributed by atoms with Gasteiger partial charge in [0.15, 0.2) is 23.3 Å². The summed E-state index contributed by atoms with van der Waals surface area (Å²) in [4.78, 5) is 10.5. The van der Waals surface area contributed by atoms with Crippen LogP contribution in [0.2, 0.25) is 0 Å². The summed E-state index contributed by atoms with van der Waals surface area (Å²) in [5.74, 6) is 0.0726. The maximum absolute atomic E-state index is 15.9. The second kappa shape index (κ2) is 8.18. The van der Waals surface area contributed by atoms with Gasteiger partial charge in [-0.25, -0.2) is 9.37 Å². The first kappa shape index (κ1) is 20.3. The van der Waals surface area contributed by atoms with E-state index in [0.717, 1.165) is 5.39 Å². The number of methoxy groups -OCH3 is 1. The highest BCUT2D eigenvalue weighted by Crippen LogP contribution is 2.36. The molecule has 1 aliphatic rings. The van der Waals surface area contributed by atoms with E-state index in [2.05, 4.69) is 25.5 Å². The quantitative estimate of drug-likeness (QED) is 0.483. The molecule has 0 saturated carbocycles. The molecule has 4 aromatic rings. The highest BCUT2D eigenvalue weighted by molar-refractivity contribution is 6.31. The maximum Gasteiger partial charge on any atom is 0.224 e. The first-order valence-electron chi connectivity index (χ1n) is 9.99. The second-order valence-corrected chi connectivity index (χ2v) is 7.57. The zero-order chi connectivity index (χ0) is 22.2. The Morgan fingerprint density at radius 3 is 2.94 bits per heavy atom. The van der Waals surface area contributed by atoms with Crippen molar-refractivity contribution in [1.82, 2.24) is 24.6 Å². The number of ether oxygens (including phenoxy) is 1. The van der Waals surface area contributed by atoms with Crippen LogP contribution in [-0.4, -0.2) is 44.4 Å². The number of halogens is 2. The average Bonchev–Trinajstić information content (AvgIpc) is 3.30. The van der Waals surface area contributed by atoms with Crippen molar-refractivity contribution < 1.29 is 9.13 Å². The van der Waals surface area contributed by atoms with Crippen molar-refractivity contribution >= 4 is 39.9 Å². The van der Waals surface area contributed by atoms with Gasteiger partial charge in [-0.3, -0.25) is 4.40 Å². The average molecular weight is 452 g/mol. The van der Waals surface area contributed by atoms with E-state index in [1.807, 2.05) is 13.0 Å². The molecule has 10 heteroatoms. The number of rotatable bonds is 5. The number of nitrogens with one attached hydrogen (secondary N) is 1. The summed E-state index contributed by atoms with van der Waals surface area (Å²) in [6.45, 7) is 2.66. The Morgan fingerprint density at radius 1 is 1.25 bits per heavy atom. The van der Waals surface area contributed by atoms with Crippen LogP contribution in [0.1, 0.15) is 6.92 Å². The van der Waals surface area contributed by atoms with Gasteiger partial charge in [-0.15, -0.1) is 10.2 Å². The van der Waals surface area contributed by atoms with Crippen molar-refractivity contribution in [2.45, 2.75) is 13.2 Å². The Morgan fingerprint density at radius 2 is 2.12 bits per heavy atom. The first-order chi connectivity index (χ1) is 15.6. The number of benzene rings is 1. The van der Waals surface area contributed by atoms with E-state index in [-0.39, 0.29) is 0 Å². The molecule has 1 N–H and O–H groups in total. The summed E-state index contributed by atoms with van der Waals surface area (Å²) >= 11 is 6.17. The van der Waals surface area contributed by atoms with E-state index in [0.29, 0.717) is 45.6 Å². The Kier molecular flexibility index (Phi) is 5.20. The fourth-order valence-corrected chi connectivity index (χ4v) is 3.93. The van der Waals surface area contributed by atoms with E-state index in [1.54, 1.807) is 65.5 Å². The SMILES string of the molecule is CCNc1ncc2cc(-c3cccc(N4C=C(Cl)C=CC4OC)c3F)c3nncn3c2n1. The van der Waals surface area contributed by atoms with Gasteiger partial charge in [0.1, 0.15) is 6.33 Å². The lowest BCUT2D eigenvalue weighted by Gasteiger charge is -2.30. The highest BCUT2D eigenvalue weighted by Gasteiger charge is 2.24. The van der Waals surface area contributed by atoms with E-state index in [9.17, 15) is 0 Å². The minimum atomic E-state index is -0.482. The van der Waals surface area contributed by atoms with Crippen LogP contribution in [0.5, 0.6) is 0 Å². The van der Waals surface area contributed by atoms with Gasteiger partial charge in [0.2, 0.25) is 5.95 Å². The fraction of sp³-hybridized carbons (Fsp3) is 0.182. The molecule has 1 aromatic carbocycles. The molecule has 5 rings (SSSR count). The van der Waals surface area contributed by atoms with Crippen LogP contribution in [0.25, 0.3) is 27.8 Å². The monoisotopic (exact) mass is 451 g/mol. The fourth-order valence-electron chi connectivity index (χ4n) is 3.75. The zero-order valence-electron chi connectivity index (χ0n) is 17.3. The lowest BCUT2D eigenvalue weighted by molar-refractivity contribution is 0.143. The van der Waals surface area contributed by atoms with Gasteiger partial charge in [-0.05, 0) is 31.2 Å². The number of hydrogen-bond acceptors (Lipinski definition) is 7. The molecule has 0 fully saturated rings.